The van der Waals surface area contributed by atoms with Crippen LogP contribution in [0.15, 0.2) is 40.2 Å². The zero-order valence-electron chi connectivity index (χ0n) is 17.6. The lowest BCUT2D eigenvalue weighted by molar-refractivity contribution is 0.00752. The maximum absolute atomic E-state index is 12.3. The van der Waals surface area contributed by atoms with E-state index in [2.05, 4.69) is 34.4 Å². The minimum Gasteiger partial charge on any atom is -0.379 e. The SMILES string of the molecule is CN=C(NCCCS(=O)(=O)c1ccccc1)NCC(C(C)C)N1CCOCC1.I. The van der Waals surface area contributed by atoms with Crippen molar-refractivity contribution < 1.29 is 13.2 Å². The monoisotopic (exact) mass is 538 g/mol. The van der Waals surface area contributed by atoms with Crippen molar-refractivity contribution in [2.45, 2.75) is 31.2 Å². The molecule has 0 aromatic heterocycles. The Kier molecular flexibility index (Phi) is 12.1. The summed E-state index contributed by atoms with van der Waals surface area (Å²) >= 11 is 0. The number of rotatable bonds is 9. The van der Waals surface area contributed by atoms with Crippen LogP contribution in [0.5, 0.6) is 0 Å². The predicted octanol–water partition coefficient (Wildman–Crippen LogP) is 1.99. The minimum absolute atomic E-state index is 0. The van der Waals surface area contributed by atoms with E-state index < -0.39 is 9.84 Å². The van der Waals surface area contributed by atoms with Crippen LogP contribution in [0.4, 0.5) is 0 Å². The third kappa shape index (κ3) is 8.77. The number of sulfone groups is 1. The molecule has 2 N–H and O–H groups in total. The highest BCUT2D eigenvalue weighted by atomic mass is 127. The second-order valence-corrected chi connectivity index (χ2v) is 9.43. The molecular formula is C20H35IN4O3S. The summed E-state index contributed by atoms with van der Waals surface area (Å²) in [5.41, 5.74) is 0. The molecule has 0 bridgehead atoms. The molecule has 1 aliphatic rings. The molecule has 1 fully saturated rings. The number of nitrogens with zero attached hydrogens (tertiary/aromatic N) is 2. The summed E-state index contributed by atoms with van der Waals surface area (Å²) < 4.78 is 30.1. The Balaban J connectivity index is 0.00000420. The highest BCUT2D eigenvalue weighted by Gasteiger charge is 2.23. The summed E-state index contributed by atoms with van der Waals surface area (Å²) in [4.78, 5) is 7.10. The summed E-state index contributed by atoms with van der Waals surface area (Å²) in [5, 5.41) is 6.61. The zero-order valence-corrected chi connectivity index (χ0v) is 20.8. The van der Waals surface area contributed by atoms with Crippen LogP contribution in [0.2, 0.25) is 0 Å². The maximum Gasteiger partial charge on any atom is 0.191 e. The quantitative estimate of drug-likeness (QED) is 0.217. The number of benzene rings is 1. The normalized spacial score (nSPS) is 16.9. The van der Waals surface area contributed by atoms with Crippen molar-refractivity contribution in [1.82, 2.24) is 15.5 Å². The van der Waals surface area contributed by atoms with E-state index >= 15 is 0 Å². The third-order valence-corrected chi connectivity index (χ3v) is 6.79. The molecule has 1 heterocycles. The first-order chi connectivity index (χ1) is 13.4. The molecule has 0 aliphatic carbocycles. The molecule has 2 rings (SSSR count). The van der Waals surface area contributed by atoms with Gasteiger partial charge in [0, 0.05) is 39.3 Å². The lowest BCUT2D eigenvalue weighted by Gasteiger charge is -2.37. The molecular weight excluding hydrogens is 503 g/mol. The highest BCUT2D eigenvalue weighted by Crippen LogP contribution is 2.12. The van der Waals surface area contributed by atoms with Crippen molar-refractivity contribution in [2.75, 3.05) is 52.2 Å². The van der Waals surface area contributed by atoms with Gasteiger partial charge >= 0.3 is 0 Å². The maximum atomic E-state index is 12.3. The topological polar surface area (TPSA) is 83.0 Å². The number of hydrogen-bond donors (Lipinski definition) is 2. The highest BCUT2D eigenvalue weighted by molar-refractivity contribution is 14.0. The molecule has 29 heavy (non-hydrogen) atoms. The average molecular weight is 538 g/mol. The smallest absolute Gasteiger partial charge is 0.191 e. The fraction of sp³-hybridized carbons (Fsp3) is 0.650. The van der Waals surface area contributed by atoms with Crippen LogP contribution in [-0.2, 0) is 14.6 Å². The van der Waals surface area contributed by atoms with Crippen LogP contribution in [0, 0.1) is 5.92 Å². The van der Waals surface area contributed by atoms with Crippen molar-refractivity contribution in [3.05, 3.63) is 30.3 Å². The minimum atomic E-state index is -3.24. The Morgan fingerprint density at radius 3 is 2.41 bits per heavy atom. The summed E-state index contributed by atoms with van der Waals surface area (Å²) in [6.45, 7) is 9.27. The molecule has 166 valence electrons. The van der Waals surface area contributed by atoms with E-state index in [4.69, 9.17) is 4.74 Å². The Labute approximate surface area is 192 Å². The van der Waals surface area contributed by atoms with Gasteiger partial charge < -0.3 is 15.4 Å². The van der Waals surface area contributed by atoms with Crippen LogP contribution < -0.4 is 10.6 Å². The molecule has 1 aliphatic heterocycles. The van der Waals surface area contributed by atoms with Gasteiger partial charge in [0.15, 0.2) is 15.8 Å². The van der Waals surface area contributed by atoms with Gasteiger partial charge in [0.25, 0.3) is 0 Å². The fourth-order valence-corrected chi connectivity index (χ4v) is 4.66. The van der Waals surface area contributed by atoms with Gasteiger partial charge in [-0.3, -0.25) is 9.89 Å². The van der Waals surface area contributed by atoms with Crippen molar-refractivity contribution >= 4 is 39.8 Å². The second-order valence-electron chi connectivity index (χ2n) is 7.33. The second kappa shape index (κ2) is 13.4. The first-order valence-electron chi connectivity index (χ1n) is 9.98. The molecule has 0 spiro atoms. The number of nitrogens with one attached hydrogen (secondary N) is 2. The molecule has 0 radical (unpaired) electrons. The summed E-state index contributed by atoms with van der Waals surface area (Å²) in [6.07, 6.45) is 0.523. The van der Waals surface area contributed by atoms with Gasteiger partial charge in [0.2, 0.25) is 0 Å². The van der Waals surface area contributed by atoms with Crippen LogP contribution >= 0.6 is 24.0 Å². The summed E-state index contributed by atoms with van der Waals surface area (Å²) in [7, 11) is -1.50. The lowest BCUT2D eigenvalue weighted by atomic mass is 10.0. The van der Waals surface area contributed by atoms with E-state index in [1.54, 1.807) is 31.3 Å². The van der Waals surface area contributed by atoms with Crippen molar-refractivity contribution in [2.24, 2.45) is 10.9 Å². The molecule has 1 aromatic carbocycles. The van der Waals surface area contributed by atoms with Crippen LogP contribution in [0.25, 0.3) is 0 Å². The molecule has 1 saturated heterocycles. The molecule has 0 amide bonds. The van der Waals surface area contributed by atoms with Gasteiger partial charge in [-0.1, -0.05) is 32.0 Å². The molecule has 1 unspecified atom stereocenters. The third-order valence-electron chi connectivity index (χ3n) is 4.97. The standard InChI is InChI=1S/C20H34N4O3S.HI/c1-17(2)19(24-11-13-27-14-12-24)16-23-20(21-3)22-10-7-15-28(25,26)18-8-5-4-6-9-18;/h4-6,8-9,17,19H,7,10-16H2,1-3H3,(H2,21,22,23);1H. The van der Waals surface area contributed by atoms with Gasteiger partial charge in [0.05, 0.1) is 23.9 Å². The molecule has 1 aromatic rings. The first kappa shape index (κ1) is 26.1. The Morgan fingerprint density at radius 2 is 1.83 bits per heavy atom. The first-order valence-corrected chi connectivity index (χ1v) is 11.6. The van der Waals surface area contributed by atoms with E-state index in [1.807, 2.05) is 6.07 Å². The molecule has 7 nitrogen and oxygen atoms in total. The molecule has 1 atom stereocenters. The largest absolute Gasteiger partial charge is 0.379 e. The number of hydrogen-bond acceptors (Lipinski definition) is 5. The van der Waals surface area contributed by atoms with Gasteiger partial charge in [0.1, 0.15) is 0 Å². The number of morpholine rings is 1. The number of halogens is 1. The van der Waals surface area contributed by atoms with Crippen molar-refractivity contribution in [1.29, 1.82) is 0 Å². The summed E-state index contributed by atoms with van der Waals surface area (Å²) in [6, 6.07) is 8.99. The number of guanidine groups is 1. The number of aliphatic imine (C=N–C) groups is 1. The van der Waals surface area contributed by atoms with Crippen LogP contribution in [0.1, 0.15) is 20.3 Å². The number of ether oxygens (including phenoxy) is 1. The van der Waals surface area contributed by atoms with Crippen molar-refractivity contribution in [3.8, 4) is 0 Å². The van der Waals surface area contributed by atoms with Crippen LogP contribution in [0.3, 0.4) is 0 Å². The summed E-state index contributed by atoms with van der Waals surface area (Å²) in [5.74, 6) is 1.33. The average Bonchev–Trinajstić information content (AvgIpc) is 2.71. The van der Waals surface area contributed by atoms with Crippen LogP contribution in [-0.4, -0.2) is 77.5 Å². The van der Waals surface area contributed by atoms with E-state index in [-0.39, 0.29) is 29.7 Å². The molecule has 0 saturated carbocycles. The van der Waals surface area contributed by atoms with E-state index in [0.29, 0.717) is 35.8 Å². The van der Waals surface area contributed by atoms with Gasteiger partial charge in [-0.15, -0.1) is 24.0 Å². The van der Waals surface area contributed by atoms with Gasteiger partial charge in [-0.05, 0) is 24.5 Å². The van der Waals surface area contributed by atoms with E-state index in [1.165, 1.54) is 0 Å². The van der Waals surface area contributed by atoms with E-state index in [9.17, 15) is 8.42 Å². The predicted molar refractivity (Wildman–Crippen MR) is 129 cm³/mol. The van der Waals surface area contributed by atoms with Gasteiger partial charge in [-0.2, -0.15) is 0 Å². The van der Waals surface area contributed by atoms with E-state index in [0.717, 1.165) is 32.8 Å². The fourth-order valence-electron chi connectivity index (χ4n) is 3.33. The van der Waals surface area contributed by atoms with Crippen molar-refractivity contribution in [3.63, 3.8) is 0 Å². The van der Waals surface area contributed by atoms with Gasteiger partial charge in [-0.25, -0.2) is 8.42 Å². The Morgan fingerprint density at radius 1 is 1.17 bits per heavy atom. The lowest BCUT2D eigenvalue weighted by Crippen LogP contribution is -2.52. The molecule has 9 heteroatoms. The Hall–Kier alpha value is -0.910. The zero-order chi connectivity index (χ0) is 20.4. The Bertz CT molecular complexity index is 708.